The van der Waals surface area contributed by atoms with Crippen molar-refractivity contribution in [1.29, 1.82) is 0 Å². The molecule has 1 saturated heterocycles. The van der Waals surface area contributed by atoms with Crippen molar-refractivity contribution in [3.8, 4) is 5.75 Å². The number of nitrogens with zero attached hydrogens (tertiary/aromatic N) is 1. The monoisotopic (exact) mass is 246 g/mol. The van der Waals surface area contributed by atoms with E-state index in [9.17, 15) is 0 Å². The Kier molecular flexibility index (Phi) is 3.27. The fourth-order valence-corrected chi connectivity index (χ4v) is 3.69. The summed E-state index contributed by atoms with van der Waals surface area (Å²) in [6.45, 7) is 4.19. The van der Waals surface area contributed by atoms with E-state index in [0.29, 0.717) is 5.92 Å². The Labute approximate surface area is 109 Å². The van der Waals surface area contributed by atoms with Gasteiger partial charge in [-0.2, -0.15) is 0 Å². The van der Waals surface area contributed by atoms with Gasteiger partial charge in [0.05, 0.1) is 7.11 Å². The van der Waals surface area contributed by atoms with Crippen LogP contribution in [0.15, 0.2) is 18.2 Å². The molecule has 1 aliphatic carbocycles. The highest BCUT2D eigenvalue weighted by molar-refractivity contribution is 5.44. The van der Waals surface area contributed by atoms with Crippen molar-refractivity contribution in [2.75, 3.05) is 33.3 Å². The van der Waals surface area contributed by atoms with Crippen LogP contribution >= 0.6 is 0 Å². The average Bonchev–Trinajstić information content (AvgIpc) is 2.81. The molecule has 0 radical (unpaired) electrons. The highest BCUT2D eigenvalue weighted by atomic mass is 16.5. The molecule has 3 heteroatoms. The summed E-state index contributed by atoms with van der Waals surface area (Å²) in [5.41, 5.74) is 8.64. The zero-order valence-electron chi connectivity index (χ0n) is 11.1. The molecule has 0 bridgehead atoms. The predicted octanol–water partition coefficient (Wildman–Crippen LogP) is 1.62. The van der Waals surface area contributed by atoms with Gasteiger partial charge < -0.3 is 15.4 Å². The lowest BCUT2D eigenvalue weighted by atomic mass is 9.77. The van der Waals surface area contributed by atoms with Gasteiger partial charge in [0.1, 0.15) is 5.75 Å². The van der Waals surface area contributed by atoms with E-state index < -0.39 is 0 Å². The number of rotatable bonds is 3. The van der Waals surface area contributed by atoms with Crippen molar-refractivity contribution in [2.24, 2.45) is 11.7 Å². The molecule has 2 atom stereocenters. The van der Waals surface area contributed by atoms with Crippen molar-refractivity contribution in [3.05, 3.63) is 29.3 Å². The van der Waals surface area contributed by atoms with Crippen LogP contribution in [0.4, 0.5) is 0 Å². The Bertz CT molecular complexity index is 433. The Morgan fingerprint density at radius 1 is 1.39 bits per heavy atom. The molecule has 1 aromatic rings. The highest BCUT2D eigenvalue weighted by Crippen LogP contribution is 2.43. The molecule has 98 valence electrons. The van der Waals surface area contributed by atoms with Gasteiger partial charge in [0.15, 0.2) is 0 Å². The normalized spacial score (nSPS) is 26.8. The molecule has 0 amide bonds. The van der Waals surface area contributed by atoms with E-state index in [0.717, 1.165) is 31.2 Å². The first kappa shape index (κ1) is 12.0. The minimum atomic E-state index is 0.690. The van der Waals surface area contributed by atoms with Gasteiger partial charge in [0, 0.05) is 32.1 Å². The first-order chi connectivity index (χ1) is 8.83. The SMILES string of the molecule is COc1cccc2c1CCC1CN(CCN)CC21. The minimum absolute atomic E-state index is 0.690. The van der Waals surface area contributed by atoms with Gasteiger partial charge in [-0.1, -0.05) is 12.1 Å². The lowest BCUT2D eigenvalue weighted by molar-refractivity contribution is 0.329. The second-order valence-electron chi connectivity index (χ2n) is 5.48. The Balaban J connectivity index is 1.89. The number of nitrogens with two attached hydrogens (primary N) is 1. The van der Waals surface area contributed by atoms with Gasteiger partial charge >= 0.3 is 0 Å². The molecule has 1 fully saturated rings. The van der Waals surface area contributed by atoms with Gasteiger partial charge in [-0.3, -0.25) is 0 Å². The first-order valence-corrected chi connectivity index (χ1v) is 6.91. The fraction of sp³-hybridized carbons (Fsp3) is 0.600. The van der Waals surface area contributed by atoms with Crippen LogP contribution in [-0.2, 0) is 6.42 Å². The minimum Gasteiger partial charge on any atom is -0.496 e. The summed E-state index contributed by atoms with van der Waals surface area (Å²) < 4.78 is 5.50. The third-order valence-electron chi connectivity index (χ3n) is 4.52. The lowest BCUT2D eigenvalue weighted by Crippen LogP contribution is -2.27. The number of hydrogen-bond acceptors (Lipinski definition) is 3. The number of methoxy groups -OCH3 is 1. The smallest absolute Gasteiger partial charge is 0.122 e. The third-order valence-corrected chi connectivity index (χ3v) is 4.52. The molecular weight excluding hydrogens is 224 g/mol. The fourth-order valence-electron chi connectivity index (χ4n) is 3.69. The van der Waals surface area contributed by atoms with E-state index in [2.05, 4.69) is 23.1 Å². The molecular formula is C15H22N2O. The maximum Gasteiger partial charge on any atom is 0.122 e. The number of fused-ring (bicyclic) bond motifs is 3. The maximum atomic E-state index is 5.68. The van der Waals surface area contributed by atoms with Gasteiger partial charge in [-0.15, -0.1) is 0 Å². The molecule has 3 rings (SSSR count). The van der Waals surface area contributed by atoms with Crippen LogP contribution in [0.5, 0.6) is 5.75 Å². The molecule has 1 aromatic carbocycles. The maximum absolute atomic E-state index is 5.68. The molecule has 1 aliphatic heterocycles. The Morgan fingerprint density at radius 3 is 3.06 bits per heavy atom. The van der Waals surface area contributed by atoms with Gasteiger partial charge in [0.25, 0.3) is 0 Å². The summed E-state index contributed by atoms with van der Waals surface area (Å²) in [6.07, 6.45) is 2.45. The number of hydrogen-bond donors (Lipinski definition) is 1. The largest absolute Gasteiger partial charge is 0.496 e. The summed E-state index contributed by atoms with van der Waals surface area (Å²) in [7, 11) is 1.77. The van der Waals surface area contributed by atoms with E-state index in [1.54, 1.807) is 7.11 Å². The highest BCUT2D eigenvalue weighted by Gasteiger charge is 2.37. The summed E-state index contributed by atoms with van der Waals surface area (Å²) in [6, 6.07) is 6.51. The van der Waals surface area contributed by atoms with E-state index >= 15 is 0 Å². The van der Waals surface area contributed by atoms with E-state index in [4.69, 9.17) is 10.5 Å². The summed E-state index contributed by atoms with van der Waals surface area (Å²) in [4.78, 5) is 2.52. The number of likely N-dealkylation sites (tertiary alicyclic amines) is 1. The van der Waals surface area contributed by atoms with E-state index in [1.165, 1.54) is 30.6 Å². The lowest BCUT2D eigenvalue weighted by Gasteiger charge is -2.28. The topological polar surface area (TPSA) is 38.5 Å². The summed E-state index contributed by atoms with van der Waals surface area (Å²) in [5.74, 6) is 2.58. The number of ether oxygens (including phenoxy) is 1. The molecule has 0 aromatic heterocycles. The van der Waals surface area contributed by atoms with Crippen molar-refractivity contribution in [1.82, 2.24) is 4.90 Å². The van der Waals surface area contributed by atoms with Crippen molar-refractivity contribution in [3.63, 3.8) is 0 Å². The molecule has 3 nitrogen and oxygen atoms in total. The zero-order chi connectivity index (χ0) is 12.5. The summed E-state index contributed by atoms with van der Waals surface area (Å²) in [5, 5.41) is 0. The van der Waals surface area contributed by atoms with Crippen LogP contribution in [0.2, 0.25) is 0 Å². The van der Waals surface area contributed by atoms with Crippen LogP contribution in [-0.4, -0.2) is 38.2 Å². The van der Waals surface area contributed by atoms with E-state index in [1.807, 2.05) is 0 Å². The predicted molar refractivity (Wildman–Crippen MR) is 73.0 cm³/mol. The molecule has 2 aliphatic rings. The van der Waals surface area contributed by atoms with Gasteiger partial charge in [-0.25, -0.2) is 0 Å². The second kappa shape index (κ2) is 4.90. The van der Waals surface area contributed by atoms with Crippen LogP contribution in [0.3, 0.4) is 0 Å². The van der Waals surface area contributed by atoms with Crippen LogP contribution in [0.25, 0.3) is 0 Å². The van der Waals surface area contributed by atoms with Crippen molar-refractivity contribution >= 4 is 0 Å². The number of benzene rings is 1. The van der Waals surface area contributed by atoms with E-state index in [-0.39, 0.29) is 0 Å². The zero-order valence-corrected chi connectivity index (χ0v) is 11.1. The Morgan fingerprint density at radius 2 is 2.28 bits per heavy atom. The average molecular weight is 246 g/mol. The van der Waals surface area contributed by atoms with Crippen LogP contribution in [0, 0.1) is 5.92 Å². The second-order valence-corrected chi connectivity index (χ2v) is 5.48. The first-order valence-electron chi connectivity index (χ1n) is 6.91. The van der Waals surface area contributed by atoms with Crippen LogP contribution < -0.4 is 10.5 Å². The molecule has 2 N–H and O–H groups in total. The van der Waals surface area contributed by atoms with Gasteiger partial charge in [-0.05, 0) is 36.0 Å². The molecule has 2 unspecified atom stereocenters. The summed E-state index contributed by atoms with van der Waals surface area (Å²) >= 11 is 0. The quantitative estimate of drug-likeness (QED) is 0.880. The Hall–Kier alpha value is -1.06. The molecule has 0 spiro atoms. The third kappa shape index (κ3) is 1.91. The van der Waals surface area contributed by atoms with Crippen molar-refractivity contribution < 1.29 is 4.74 Å². The molecule has 18 heavy (non-hydrogen) atoms. The van der Waals surface area contributed by atoms with Crippen LogP contribution in [0.1, 0.15) is 23.5 Å². The standard InChI is InChI=1S/C15H22N2O/c1-18-15-4-2-3-12-13(15)6-5-11-9-17(8-7-16)10-14(11)12/h2-4,11,14H,5-10,16H2,1H3. The van der Waals surface area contributed by atoms with Gasteiger partial charge in [0.2, 0.25) is 0 Å². The molecule has 1 heterocycles. The van der Waals surface area contributed by atoms with Crippen molar-refractivity contribution in [2.45, 2.75) is 18.8 Å². The molecule has 0 saturated carbocycles.